The molecule has 3 aliphatic heterocycles. The molecule has 1 aromatic rings. The van der Waals surface area contributed by atoms with E-state index >= 15 is 0 Å². The minimum absolute atomic E-state index is 0. The molecule has 0 aliphatic carbocycles. The Morgan fingerprint density at radius 3 is 2.64 bits per heavy atom. The van der Waals surface area contributed by atoms with Gasteiger partial charge in [0.05, 0.1) is 12.3 Å². The van der Waals surface area contributed by atoms with Crippen LogP contribution < -0.4 is 10.6 Å². The molecule has 2 N–H and O–H groups in total. The van der Waals surface area contributed by atoms with E-state index in [-0.39, 0.29) is 37.0 Å². The SMILES string of the molecule is Cl.O=C1NC2(CCNCC2)C(=O)N1CC1CC(c2ccccc2)=NO1. The van der Waals surface area contributed by atoms with Crippen LogP contribution in [0.2, 0.25) is 0 Å². The molecule has 1 aromatic carbocycles. The van der Waals surface area contributed by atoms with Gasteiger partial charge in [-0.1, -0.05) is 35.5 Å². The van der Waals surface area contributed by atoms with E-state index in [1.807, 2.05) is 30.3 Å². The smallest absolute Gasteiger partial charge is 0.325 e. The Hall–Kier alpha value is -2.12. The maximum atomic E-state index is 12.8. The average molecular weight is 365 g/mol. The zero-order valence-electron chi connectivity index (χ0n) is 13.7. The second kappa shape index (κ2) is 7.01. The first-order valence-corrected chi connectivity index (χ1v) is 8.31. The maximum absolute atomic E-state index is 12.8. The zero-order valence-corrected chi connectivity index (χ0v) is 14.6. The van der Waals surface area contributed by atoms with Crippen LogP contribution in [0.4, 0.5) is 4.79 Å². The highest BCUT2D eigenvalue weighted by Crippen LogP contribution is 2.28. The van der Waals surface area contributed by atoms with Gasteiger partial charge < -0.3 is 15.5 Å². The van der Waals surface area contributed by atoms with Crippen LogP contribution in [0.15, 0.2) is 35.5 Å². The van der Waals surface area contributed by atoms with Gasteiger partial charge in [0.25, 0.3) is 5.91 Å². The standard InChI is InChI=1S/C17H20N4O3.ClH/c22-15-17(6-8-18-9-7-17)19-16(23)21(15)11-13-10-14(20-24-13)12-4-2-1-3-5-12;/h1-5,13,18H,6-11H2,(H,19,23);1H. The second-order valence-corrected chi connectivity index (χ2v) is 6.51. The fourth-order valence-corrected chi connectivity index (χ4v) is 3.57. The van der Waals surface area contributed by atoms with E-state index in [1.54, 1.807) is 0 Å². The van der Waals surface area contributed by atoms with Gasteiger partial charge in [-0.3, -0.25) is 9.69 Å². The van der Waals surface area contributed by atoms with Gasteiger partial charge >= 0.3 is 6.03 Å². The quantitative estimate of drug-likeness (QED) is 0.791. The van der Waals surface area contributed by atoms with Gasteiger partial charge in [0.15, 0.2) is 6.10 Å². The highest BCUT2D eigenvalue weighted by atomic mass is 35.5. The fraction of sp³-hybridized carbons (Fsp3) is 0.471. The van der Waals surface area contributed by atoms with Crippen molar-refractivity contribution in [2.75, 3.05) is 19.6 Å². The monoisotopic (exact) mass is 364 g/mol. The maximum Gasteiger partial charge on any atom is 0.325 e. The molecule has 7 nitrogen and oxygen atoms in total. The second-order valence-electron chi connectivity index (χ2n) is 6.51. The van der Waals surface area contributed by atoms with Crippen LogP contribution in [0.3, 0.4) is 0 Å². The number of benzene rings is 1. The number of piperidine rings is 1. The van der Waals surface area contributed by atoms with E-state index in [0.29, 0.717) is 19.3 Å². The number of rotatable bonds is 3. The highest BCUT2D eigenvalue weighted by molar-refractivity contribution is 6.07. The van der Waals surface area contributed by atoms with Crippen molar-refractivity contribution in [3.05, 3.63) is 35.9 Å². The molecule has 3 amide bonds. The molecular weight excluding hydrogens is 344 g/mol. The largest absolute Gasteiger partial charge is 0.390 e. The summed E-state index contributed by atoms with van der Waals surface area (Å²) in [7, 11) is 0. The van der Waals surface area contributed by atoms with Gasteiger partial charge in [0.2, 0.25) is 0 Å². The van der Waals surface area contributed by atoms with Crippen LogP contribution in [-0.4, -0.2) is 53.8 Å². The van der Waals surface area contributed by atoms with Crippen molar-refractivity contribution in [2.24, 2.45) is 5.16 Å². The van der Waals surface area contributed by atoms with Crippen molar-refractivity contribution in [3.8, 4) is 0 Å². The first-order valence-electron chi connectivity index (χ1n) is 8.31. The molecule has 134 valence electrons. The predicted molar refractivity (Wildman–Crippen MR) is 94.8 cm³/mol. The van der Waals surface area contributed by atoms with Crippen molar-refractivity contribution in [1.82, 2.24) is 15.5 Å². The number of carbonyl (C=O) groups excluding carboxylic acids is 2. The number of oxime groups is 1. The Morgan fingerprint density at radius 2 is 1.92 bits per heavy atom. The van der Waals surface area contributed by atoms with Gasteiger partial charge in [-0.25, -0.2) is 4.79 Å². The number of carbonyl (C=O) groups is 2. The number of halogens is 1. The summed E-state index contributed by atoms with van der Waals surface area (Å²) >= 11 is 0. The van der Waals surface area contributed by atoms with E-state index in [2.05, 4.69) is 15.8 Å². The number of nitrogens with one attached hydrogen (secondary N) is 2. The van der Waals surface area contributed by atoms with Gasteiger partial charge in [0, 0.05) is 6.42 Å². The summed E-state index contributed by atoms with van der Waals surface area (Å²) < 4.78 is 0. The summed E-state index contributed by atoms with van der Waals surface area (Å²) in [6.45, 7) is 1.71. The van der Waals surface area contributed by atoms with Crippen LogP contribution in [0.25, 0.3) is 0 Å². The van der Waals surface area contributed by atoms with Gasteiger partial charge in [0.1, 0.15) is 5.54 Å². The molecule has 2 saturated heterocycles. The molecule has 1 unspecified atom stereocenters. The van der Waals surface area contributed by atoms with Crippen LogP contribution in [-0.2, 0) is 9.63 Å². The number of hydrogen-bond donors (Lipinski definition) is 2. The molecule has 0 bridgehead atoms. The van der Waals surface area contributed by atoms with E-state index < -0.39 is 5.54 Å². The summed E-state index contributed by atoms with van der Waals surface area (Å²) in [6.07, 6.45) is 1.57. The lowest BCUT2D eigenvalue weighted by Gasteiger charge is -2.31. The van der Waals surface area contributed by atoms with Crippen molar-refractivity contribution >= 4 is 30.1 Å². The number of nitrogens with zero attached hydrogens (tertiary/aromatic N) is 2. The van der Waals surface area contributed by atoms with Crippen LogP contribution >= 0.6 is 12.4 Å². The molecule has 25 heavy (non-hydrogen) atoms. The first kappa shape index (κ1) is 17.7. The topological polar surface area (TPSA) is 83.0 Å². The van der Waals surface area contributed by atoms with Crippen LogP contribution in [0.5, 0.6) is 0 Å². The zero-order chi connectivity index (χ0) is 16.6. The summed E-state index contributed by atoms with van der Waals surface area (Å²) in [5, 5.41) is 10.2. The number of imide groups is 1. The van der Waals surface area contributed by atoms with Crippen molar-refractivity contribution in [2.45, 2.75) is 30.9 Å². The lowest BCUT2D eigenvalue weighted by Crippen LogP contribution is -2.54. The average Bonchev–Trinajstić information content (AvgIpc) is 3.16. The number of urea groups is 1. The Balaban J connectivity index is 0.00000182. The van der Waals surface area contributed by atoms with Crippen molar-refractivity contribution < 1.29 is 14.4 Å². The molecule has 3 aliphatic rings. The molecule has 1 atom stereocenters. The Bertz CT molecular complexity index is 688. The third-order valence-electron chi connectivity index (χ3n) is 4.93. The van der Waals surface area contributed by atoms with Crippen LogP contribution in [0, 0.1) is 0 Å². The number of hydrogen-bond acceptors (Lipinski definition) is 5. The fourth-order valence-electron chi connectivity index (χ4n) is 3.57. The number of amides is 3. The molecule has 2 fully saturated rings. The van der Waals surface area contributed by atoms with Gasteiger partial charge in [-0.15, -0.1) is 12.4 Å². The Labute approximate surface area is 152 Å². The molecule has 4 rings (SSSR count). The third-order valence-corrected chi connectivity index (χ3v) is 4.93. The Kier molecular flexibility index (Phi) is 4.96. The van der Waals surface area contributed by atoms with E-state index in [4.69, 9.17) is 4.84 Å². The minimum atomic E-state index is -0.732. The molecule has 0 aromatic heterocycles. The van der Waals surface area contributed by atoms with Crippen molar-refractivity contribution in [3.63, 3.8) is 0 Å². The van der Waals surface area contributed by atoms with E-state index in [1.165, 1.54) is 4.90 Å². The molecule has 0 saturated carbocycles. The summed E-state index contributed by atoms with van der Waals surface area (Å²) in [5.74, 6) is -0.134. The summed E-state index contributed by atoms with van der Waals surface area (Å²) in [5.41, 5.74) is 1.13. The van der Waals surface area contributed by atoms with E-state index in [9.17, 15) is 9.59 Å². The van der Waals surface area contributed by atoms with Crippen molar-refractivity contribution in [1.29, 1.82) is 0 Å². The highest BCUT2D eigenvalue weighted by Gasteiger charge is 2.52. The van der Waals surface area contributed by atoms with Gasteiger partial charge in [-0.05, 0) is 31.5 Å². The molecule has 3 heterocycles. The molecule has 0 radical (unpaired) electrons. The minimum Gasteiger partial charge on any atom is -0.390 e. The molecule has 1 spiro atoms. The van der Waals surface area contributed by atoms with E-state index in [0.717, 1.165) is 24.4 Å². The molecular formula is C17H21ClN4O3. The van der Waals surface area contributed by atoms with Crippen LogP contribution in [0.1, 0.15) is 24.8 Å². The van der Waals surface area contributed by atoms with Gasteiger partial charge in [-0.2, -0.15) is 0 Å². The first-order chi connectivity index (χ1) is 11.7. The lowest BCUT2D eigenvalue weighted by molar-refractivity contribution is -0.133. The summed E-state index contributed by atoms with van der Waals surface area (Å²) in [6, 6.07) is 9.47. The Morgan fingerprint density at radius 1 is 1.20 bits per heavy atom. The summed E-state index contributed by atoms with van der Waals surface area (Å²) in [4.78, 5) is 31.8. The lowest BCUT2D eigenvalue weighted by atomic mass is 9.88. The predicted octanol–water partition coefficient (Wildman–Crippen LogP) is 1.28. The third kappa shape index (κ3) is 3.21. The molecule has 8 heteroatoms. The normalized spacial score (nSPS) is 24.6.